The molecule has 0 saturated heterocycles. The van der Waals surface area contributed by atoms with Gasteiger partial charge in [-0.1, -0.05) is 49.3 Å². The molecule has 0 N–H and O–H groups in total. The summed E-state index contributed by atoms with van der Waals surface area (Å²) in [5.41, 5.74) is 2.25. The zero-order valence-electron chi connectivity index (χ0n) is 15.9. The molecule has 6 heteroatoms. The van der Waals surface area contributed by atoms with Gasteiger partial charge in [0.05, 0.1) is 6.61 Å². The molecule has 0 radical (unpaired) electrons. The quantitative estimate of drug-likeness (QED) is 0.437. The molecule has 3 aromatic rings. The van der Waals surface area contributed by atoms with E-state index in [1.54, 1.807) is 11.8 Å². The highest BCUT2D eigenvalue weighted by Crippen LogP contribution is 2.28. The second-order valence-corrected chi connectivity index (χ2v) is 8.07. The van der Waals surface area contributed by atoms with Gasteiger partial charge in [-0.3, -0.25) is 0 Å². The lowest BCUT2D eigenvalue weighted by Crippen LogP contribution is -2.04. The SMILES string of the molecule is CCn1c(SCc2ccc(Cl)cc2)nnc1-c1ccc(OCC(C)C)cc1. The molecule has 0 fully saturated rings. The Labute approximate surface area is 169 Å². The fourth-order valence-electron chi connectivity index (χ4n) is 2.59. The van der Waals surface area contributed by atoms with Crippen LogP contribution >= 0.6 is 23.4 Å². The molecule has 0 saturated carbocycles. The Bertz CT molecular complexity index is 860. The van der Waals surface area contributed by atoms with Gasteiger partial charge in [0.1, 0.15) is 5.75 Å². The first-order valence-corrected chi connectivity index (χ1v) is 10.5. The van der Waals surface area contributed by atoms with E-state index in [0.29, 0.717) is 5.92 Å². The first-order valence-electron chi connectivity index (χ1n) is 9.10. The van der Waals surface area contributed by atoms with E-state index in [-0.39, 0.29) is 0 Å². The van der Waals surface area contributed by atoms with Crippen LogP contribution in [0.3, 0.4) is 0 Å². The van der Waals surface area contributed by atoms with Crippen molar-refractivity contribution in [3.05, 3.63) is 59.1 Å². The Balaban J connectivity index is 1.72. The van der Waals surface area contributed by atoms with E-state index in [9.17, 15) is 0 Å². The van der Waals surface area contributed by atoms with Crippen LogP contribution in [0.15, 0.2) is 53.7 Å². The molecular formula is C21H24ClN3OS. The third kappa shape index (κ3) is 5.27. The molecule has 27 heavy (non-hydrogen) atoms. The number of hydrogen-bond donors (Lipinski definition) is 0. The van der Waals surface area contributed by atoms with Gasteiger partial charge in [0.25, 0.3) is 0 Å². The number of nitrogens with zero attached hydrogens (tertiary/aromatic N) is 3. The lowest BCUT2D eigenvalue weighted by Gasteiger charge is -2.10. The standard InChI is InChI=1S/C21H24ClN3OS/c1-4-25-20(17-7-11-19(12-8-17)26-13-15(2)3)23-24-21(25)27-14-16-5-9-18(22)10-6-16/h5-12,15H,4,13-14H2,1-3H3. The van der Waals surface area contributed by atoms with Crippen molar-refractivity contribution in [1.29, 1.82) is 0 Å². The zero-order chi connectivity index (χ0) is 19.2. The average molecular weight is 402 g/mol. The van der Waals surface area contributed by atoms with Crippen LogP contribution in [-0.2, 0) is 12.3 Å². The van der Waals surface area contributed by atoms with Gasteiger partial charge in [-0.05, 0) is 54.8 Å². The highest BCUT2D eigenvalue weighted by atomic mass is 35.5. The molecule has 142 valence electrons. The third-order valence-electron chi connectivity index (χ3n) is 4.01. The van der Waals surface area contributed by atoms with Crippen molar-refractivity contribution in [3.8, 4) is 17.1 Å². The highest BCUT2D eigenvalue weighted by Gasteiger charge is 2.13. The van der Waals surface area contributed by atoms with Crippen molar-refractivity contribution in [3.63, 3.8) is 0 Å². The van der Waals surface area contributed by atoms with E-state index < -0.39 is 0 Å². The number of hydrogen-bond acceptors (Lipinski definition) is 4. The van der Waals surface area contributed by atoms with E-state index in [1.807, 2.05) is 48.5 Å². The van der Waals surface area contributed by atoms with Crippen LogP contribution in [0.1, 0.15) is 26.3 Å². The van der Waals surface area contributed by atoms with E-state index in [0.717, 1.165) is 46.2 Å². The zero-order valence-corrected chi connectivity index (χ0v) is 17.4. The summed E-state index contributed by atoms with van der Waals surface area (Å²) in [6.07, 6.45) is 0. The summed E-state index contributed by atoms with van der Waals surface area (Å²) in [6.45, 7) is 7.93. The summed E-state index contributed by atoms with van der Waals surface area (Å²) in [5.74, 6) is 3.10. The Hall–Kier alpha value is -1.98. The minimum atomic E-state index is 0.507. The Morgan fingerprint density at radius 2 is 1.74 bits per heavy atom. The van der Waals surface area contributed by atoms with Gasteiger partial charge < -0.3 is 9.30 Å². The van der Waals surface area contributed by atoms with Crippen molar-refractivity contribution in [2.75, 3.05) is 6.61 Å². The van der Waals surface area contributed by atoms with E-state index >= 15 is 0 Å². The fraction of sp³-hybridized carbons (Fsp3) is 0.333. The van der Waals surface area contributed by atoms with Crippen LogP contribution in [0.5, 0.6) is 5.75 Å². The molecule has 1 aromatic heterocycles. The molecular weight excluding hydrogens is 378 g/mol. The van der Waals surface area contributed by atoms with Crippen LogP contribution < -0.4 is 4.74 Å². The lowest BCUT2D eigenvalue weighted by atomic mass is 10.2. The van der Waals surface area contributed by atoms with E-state index in [1.165, 1.54) is 5.56 Å². The summed E-state index contributed by atoms with van der Waals surface area (Å²) in [7, 11) is 0. The summed E-state index contributed by atoms with van der Waals surface area (Å²) < 4.78 is 7.90. The van der Waals surface area contributed by atoms with Gasteiger partial charge in [-0.2, -0.15) is 0 Å². The number of thioether (sulfide) groups is 1. The van der Waals surface area contributed by atoms with Gasteiger partial charge in [-0.25, -0.2) is 0 Å². The predicted octanol–water partition coefficient (Wildman–Crippen LogP) is 5.95. The molecule has 1 heterocycles. The summed E-state index contributed by atoms with van der Waals surface area (Å²) in [4.78, 5) is 0. The molecule has 0 aliphatic rings. The molecule has 4 nitrogen and oxygen atoms in total. The molecule has 0 spiro atoms. The molecule has 0 aliphatic heterocycles. The summed E-state index contributed by atoms with van der Waals surface area (Å²) in [5, 5.41) is 10.5. The molecule has 0 unspecified atom stereocenters. The minimum absolute atomic E-state index is 0.507. The van der Waals surface area contributed by atoms with Gasteiger partial charge in [0.2, 0.25) is 0 Å². The lowest BCUT2D eigenvalue weighted by molar-refractivity contribution is 0.271. The van der Waals surface area contributed by atoms with Gasteiger partial charge in [0.15, 0.2) is 11.0 Å². The Kier molecular flexibility index (Phi) is 6.80. The summed E-state index contributed by atoms with van der Waals surface area (Å²) in [6, 6.07) is 16.0. The molecule has 0 aliphatic carbocycles. The van der Waals surface area contributed by atoms with Gasteiger partial charge in [0, 0.05) is 22.9 Å². The predicted molar refractivity (Wildman–Crippen MR) is 112 cm³/mol. The van der Waals surface area contributed by atoms with Crippen molar-refractivity contribution in [2.24, 2.45) is 5.92 Å². The number of rotatable bonds is 8. The van der Waals surface area contributed by atoms with Crippen LogP contribution in [0.4, 0.5) is 0 Å². The molecule has 2 aromatic carbocycles. The van der Waals surface area contributed by atoms with Crippen molar-refractivity contribution in [1.82, 2.24) is 14.8 Å². The topological polar surface area (TPSA) is 39.9 Å². The summed E-state index contributed by atoms with van der Waals surface area (Å²) >= 11 is 7.63. The van der Waals surface area contributed by atoms with E-state index in [4.69, 9.17) is 16.3 Å². The number of aromatic nitrogens is 3. The average Bonchev–Trinajstić information content (AvgIpc) is 3.09. The third-order valence-corrected chi connectivity index (χ3v) is 5.30. The minimum Gasteiger partial charge on any atom is -0.493 e. The van der Waals surface area contributed by atoms with Crippen LogP contribution in [0.25, 0.3) is 11.4 Å². The molecule has 3 rings (SSSR count). The number of ether oxygens (including phenoxy) is 1. The maximum absolute atomic E-state index is 5.95. The molecule has 0 bridgehead atoms. The maximum Gasteiger partial charge on any atom is 0.191 e. The van der Waals surface area contributed by atoms with Crippen molar-refractivity contribution < 1.29 is 4.74 Å². The van der Waals surface area contributed by atoms with Gasteiger partial charge >= 0.3 is 0 Å². The van der Waals surface area contributed by atoms with Crippen molar-refractivity contribution >= 4 is 23.4 Å². The van der Waals surface area contributed by atoms with Crippen molar-refractivity contribution in [2.45, 2.75) is 38.2 Å². The largest absolute Gasteiger partial charge is 0.493 e. The monoisotopic (exact) mass is 401 g/mol. The van der Waals surface area contributed by atoms with Gasteiger partial charge in [-0.15, -0.1) is 10.2 Å². The number of halogens is 1. The fourth-order valence-corrected chi connectivity index (χ4v) is 3.67. The second kappa shape index (κ2) is 9.29. The Morgan fingerprint density at radius 1 is 1.04 bits per heavy atom. The Morgan fingerprint density at radius 3 is 2.37 bits per heavy atom. The first kappa shape index (κ1) is 19.8. The highest BCUT2D eigenvalue weighted by molar-refractivity contribution is 7.98. The number of benzene rings is 2. The molecule has 0 amide bonds. The first-order chi connectivity index (χ1) is 13.1. The van der Waals surface area contributed by atoms with Crippen LogP contribution in [-0.4, -0.2) is 21.4 Å². The van der Waals surface area contributed by atoms with Crippen LogP contribution in [0, 0.1) is 5.92 Å². The maximum atomic E-state index is 5.95. The second-order valence-electron chi connectivity index (χ2n) is 6.69. The molecule has 0 atom stereocenters. The smallest absolute Gasteiger partial charge is 0.191 e. The van der Waals surface area contributed by atoms with Crippen LogP contribution in [0.2, 0.25) is 5.02 Å². The van der Waals surface area contributed by atoms with E-state index in [2.05, 4.69) is 35.5 Å². The normalized spacial score (nSPS) is 11.1.